The topological polar surface area (TPSA) is 296 Å². The summed E-state index contributed by atoms with van der Waals surface area (Å²) in [7, 11) is 0.471. The van der Waals surface area contributed by atoms with Crippen LogP contribution < -0.4 is 20.1 Å². The van der Waals surface area contributed by atoms with Gasteiger partial charge >= 0.3 is 23.9 Å². The van der Waals surface area contributed by atoms with Gasteiger partial charge in [0.15, 0.2) is 15.7 Å². The van der Waals surface area contributed by atoms with Crippen LogP contribution in [-0.2, 0) is 52.7 Å². The van der Waals surface area contributed by atoms with Crippen LogP contribution in [0.4, 0.5) is 28.7 Å². The maximum absolute atomic E-state index is 13.8. The van der Waals surface area contributed by atoms with Crippen LogP contribution in [0.1, 0.15) is 114 Å². The zero-order valence-corrected chi connectivity index (χ0v) is 46.0. The van der Waals surface area contributed by atoms with Crippen LogP contribution in [0.5, 0.6) is 11.5 Å². The normalized spacial score (nSPS) is 11.3. The first-order chi connectivity index (χ1) is 37.3. The highest BCUT2D eigenvalue weighted by Gasteiger charge is 2.25. The molecule has 0 radical (unpaired) electrons. The molecule has 0 aliphatic carbocycles. The van der Waals surface area contributed by atoms with Crippen molar-refractivity contribution in [2.45, 2.75) is 115 Å². The zero-order valence-electron chi connectivity index (χ0n) is 45.2. The van der Waals surface area contributed by atoms with Crippen LogP contribution in [0.15, 0.2) is 57.6 Å². The van der Waals surface area contributed by atoms with Gasteiger partial charge in [0, 0.05) is 81.9 Å². The Bertz CT molecular complexity index is 2440. The number of pyridine rings is 1. The van der Waals surface area contributed by atoms with E-state index in [0.717, 1.165) is 12.8 Å². The number of carbonyl (C=O) groups is 4. The van der Waals surface area contributed by atoms with E-state index in [1.807, 2.05) is 30.3 Å². The first-order valence-electron chi connectivity index (χ1n) is 26.3. The van der Waals surface area contributed by atoms with Crippen LogP contribution >= 0.6 is 0 Å². The third kappa shape index (κ3) is 26.0. The molecule has 4 N–H and O–H groups in total. The number of aliphatic hydroxyl groups excluding tert-OH is 2. The fraction of sp³-hybridized carbons (Fsp3) is 0.593. The van der Waals surface area contributed by atoms with E-state index < -0.39 is 9.84 Å². The number of nitrogens with one attached hydrogen (secondary N) is 2. The minimum absolute atomic E-state index is 0.00466. The van der Waals surface area contributed by atoms with Gasteiger partial charge in [0.25, 0.3) is 0 Å². The molecule has 0 aliphatic heterocycles. The molecule has 0 unspecified atom stereocenters. The van der Waals surface area contributed by atoms with Crippen LogP contribution in [0, 0.1) is 18.3 Å². The number of esters is 4. The number of hydrogen-bond acceptors (Lipinski definition) is 22. The van der Waals surface area contributed by atoms with Gasteiger partial charge in [-0.15, -0.1) is 10.2 Å². The van der Waals surface area contributed by atoms with Gasteiger partial charge in [-0.2, -0.15) is 5.26 Å². The van der Waals surface area contributed by atoms with Crippen molar-refractivity contribution < 1.29 is 71.0 Å². The van der Waals surface area contributed by atoms with Crippen LogP contribution in [0.2, 0.25) is 0 Å². The standard InChI is InChI=1S/C54H79N7O15S/c1-41-43(40-55)53(56-26-33-72-35-36-76-51(67)25-15-9-19-32-74-49(65)23-13-7-17-30-63)58-54(57-42-20-10-5-11-21-42)52(41)60-59-44-38-46(71-4)47(39-45(44)70-3)77(68,69)37-28-61(2)27-34-75-50(66)24-14-8-18-31-73-48(64)22-12-6-16-29-62/h5,10-11,20-21,38-39,62-63H,6-9,12-19,22-37H2,1-4H3,(H2,56,57,58)/b60-59+. The van der Waals surface area contributed by atoms with E-state index in [9.17, 15) is 32.9 Å². The maximum Gasteiger partial charge on any atom is 0.305 e. The van der Waals surface area contributed by atoms with Crippen molar-refractivity contribution in [3.8, 4) is 17.6 Å². The number of nitriles is 1. The molecule has 0 spiro atoms. The minimum Gasteiger partial charge on any atom is -0.495 e. The van der Waals surface area contributed by atoms with E-state index in [0.29, 0.717) is 101 Å². The van der Waals surface area contributed by atoms with E-state index in [1.165, 1.54) is 26.4 Å². The zero-order chi connectivity index (χ0) is 56.1. The van der Waals surface area contributed by atoms with Crippen molar-refractivity contribution in [3.63, 3.8) is 0 Å². The summed E-state index contributed by atoms with van der Waals surface area (Å²) >= 11 is 0. The highest BCUT2D eigenvalue weighted by Crippen LogP contribution is 2.41. The van der Waals surface area contributed by atoms with E-state index >= 15 is 0 Å². The number of anilines is 3. The van der Waals surface area contributed by atoms with E-state index in [-0.39, 0.29) is 147 Å². The molecule has 0 atom stereocenters. The summed E-state index contributed by atoms with van der Waals surface area (Å²) in [6.45, 7) is 3.68. The van der Waals surface area contributed by atoms with Gasteiger partial charge in [0.2, 0.25) is 0 Å². The second kappa shape index (κ2) is 38.2. The Balaban J connectivity index is 1.55. The minimum atomic E-state index is -3.95. The lowest BCUT2D eigenvalue weighted by Gasteiger charge is -2.18. The number of likely N-dealkylation sites (N-methyl/N-ethyl adjacent to an activating group) is 1. The summed E-state index contributed by atoms with van der Waals surface area (Å²) < 4.78 is 65.4. The molecular formula is C54H79N7O15S. The Morgan fingerprint density at radius 3 is 1.75 bits per heavy atom. The molecule has 0 saturated heterocycles. The number of azo groups is 1. The number of carbonyl (C=O) groups excluding carboxylic acids is 4. The monoisotopic (exact) mass is 1100 g/mol. The second-order valence-corrected chi connectivity index (χ2v) is 19.9. The summed E-state index contributed by atoms with van der Waals surface area (Å²) in [5.41, 5.74) is 1.67. The number of hydrogen-bond donors (Lipinski definition) is 4. The quantitative estimate of drug-likeness (QED) is 0.0181. The van der Waals surface area contributed by atoms with Gasteiger partial charge in [-0.1, -0.05) is 31.0 Å². The van der Waals surface area contributed by atoms with Crippen LogP contribution in [-0.4, -0.2) is 152 Å². The molecule has 23 heteroatoms. The highest BCUT2D eigenvalue weighted by molar-refractivity contribution is 7.91. The number of unbranched alkanes of at least 4 members (excludes halogenated alkanes) is 8. The van der Waals surface area contributed by atoms with E-state index in [4.69, 9.17) is 48.4 Å². The maximum atomic E-state index is 13.8. The Hall–Kier alpha value is -6.45. The van der Waals surface area contributed by atoms with Crippen LogP contribution in [0.3, 0.4) is 0 Å². The molecule has 77 heavy (non-hydrogen) atoms. The van der Waals surface area contributed by atoms with Gasteiger partial charge in [-0.3, -0.25) is 19.2 Å². The third-order valence-electron chi connectivity index (χ3n) is 11.8. The van der Waals surface area contributed by atoms with Crippen molar-refractivity contribution in [3.05, 3.63) is 53.6 Å². The Morgan fingerprint density at radius 2 is 1.21 bits per heavy atom. The van der Waals surface area contributed by atoms with Crippen molar-refractivity contribution in [2.24, 2.45) is 10.2 Å². The van der Waals surface area contributed by atoms with Crippen LogP contribution in [0.25, 0.3) is 0 Å². The molecule has 3 aromatic rings. The molecular weight excluding hydrogens is 1020 g/mol. The summed E-state index contributed by atoms with van der Waals surface area (Å²) in [4.78, 5) is 54.3. The molecule has 2 aromatic carbocycles. The third-order valence-corrected chi connectivity index (χ3v) is 13.5. The number of nitrogens with zero attached hydrogens (tertiary/aromatic N) is 5. The fourth-order valence-corrected chi connectivity index (χ4v) is 8.86. The summed E-state index contributed by atoms with van der Waals surface area (Å²) in [5, 5.41) is 43.3. The predicted octanol–water partition coefficient (Wildman–Crippen LogP) is 7.97. The van der Waals surface area contributed by atoms with Gasteiger partial charge in [0.05, 0.1) is 52.0 Å². The fourth-order valence-electron chi connectivity index (χ4n) is 7.35. The number of aliphatic hydroxyl groups is 2. The summed E-state index contributed by atoms with van der Waals surface area (Å²) in [6.07, 6.45) is 9.21. The van der Waals surface area contributed by atoms with Gasteiger partial charge in [-0.05, 0) is 90.3 Å². The second-order valence-electron chi connectivity index (χ2n) is 17.9. The number of benzene rings is 2. The number of aromatic nitrogens is 1. The average Bonchev–Trinajstić information content (AvgIpc) is 3.43. The van der Waals surface area contributed by atoms with Gasteiger partial charge in [0.1, 0.15) is 52.9 Å². The molecule has 3 rings (SSSR count). The molecule has 22 nitrogen and oxygen atoms in total. The molecule has 0 saturated carbocycles. The van der Waals surface area contributed by atoms with Crippen molar-refractivity contribution in [2.75, 3.05) is 110 Å². The number of sulfone groups is 1. The lowest BCUT2D eigenvalue weighted by atomic mass is 10.1. The smallest absolute Gasteiger partial charge is 0.305 e. The number of rotatable bonds is 42. The number of para-hydroxylation sites is 1. The molecule has 0 aliphatic rings. The number of ether oxygens (including phenoxy) is 7. The van der Waals surface area contributed by atoms with Crippen molar-refractivity contribution >= 4 is 62.4 Å². The lowest BCUT2D eigenvalue weighted by Crippen LogP contribution is -2.29. The molecule has 1 aromatic heterocycles. The van der Waals surface area contributed by atoms with Gasteiger partial charge < -0.3 is 58.9 Å². The first-order valence-corrected chi connectivity index (χ1v) is 27.9. The summed E-state index contributed by atoms with van der Waals surface area (Å²) in [5.74, 6) is -0.915. The number of methoxy groups -OCH3 is 2. The SMILES string of the molecule is COc1cc(S(=O)(=O)CCN(C)CCOC(=O)CCCCCOC(=O)CCCCCO)c(OC)cc1/N=N/c1c(Nc2ccccc2)nc(NCCOCCOC(=O)CCCCCOC(=O)CCCCCO)c(C#N)c1C. The highest BCUT2D eigenvalue weighted by atomic mass is 32.2. The molecule has 0 bridgehead atoms. The first kappa shape index (κ1) is 64.8. The molecule has 426 valence electrons. The molecule has 0 fully saturated rings. The Kier molecular flexibility index (Phi) is 32.1. The average molecular weight is 1100 g/mol. The van der Waals surface area contributed by atoms with Gasteiger partial charge in [-0.25, -0.2) is 13.4 Å². The lowest BCUT2D eigenvalue weighted by molar-refractivity contribution is -0.146. The Labute approximate surface area is 453 Å². The van der Waals surface area contributed by atoms with Crippen molar-refractivity contribution in [1.29, 1.82) is 5.26 Å². The molecule has 0 amide bonds. The summed E-state index contributed by atoms with van der Waals surface area (Å²) in [6, 6.07) is 14.1. The predicted molar refractivity (Wildman–Crippen MR) is 288 cm³/mol. The Morgan fingerprint density at radius 1 is 0.662 bits per heavy atom. The van der Waals surface area contributed by atoms with E-state index in [2.05, 4.69) is 26.9 Å². The van der Waals surface area contributed by atoms with Crippen molar-refractivity contribution in [1.82, 2.24) is 9.88 Å². The molecule has 1 heterocycles. The largest absolute Gasteiger partial charge is 0.495 e. The van der Waals surface area contributed by atoms with E-state index in [1.54, 1.807) is 18.9 Å².